The molecule has 1 aliphatic heterocycles. The molecule has 4 nitrogen and oxygen atoms in total. The fourth-order valence-electron chi connectivity index (χ4n) is 4.12. The van der Waals surface area contributed by atoms with Crippen molar-refractivity contribution in [3.05, 3.63) is 35.9 Å². The molecule has 1 aromatic carbocycles. The summed E-state index contributed by atoms with van der Waals surface area (Å²) in [4.78, 5) is 16.5. The van der Waals surface area contributed by atoms with Crippen LogP contribution in [0.15, 0.2) is 30.3 Å². The lowest BCUT2D eigenvalue weighted by Gasteiger charge is -2.41. The van der Waals surface area contributed by atoms with Gasteiger partial charge in [-0.2, -0.15) is 0 Å². The highest BCUT2D eigenvalue weighted by Gasteiger charge is 2.49. The maximum atomic E-state index is 12.4. The summed E-state index contributed by atoms with van der Waals surface area (Å²) < 4.78 is 0. The van der Waals surface area contributed by atoms with Crippen molar-refractivity contribution in [1.29, 1.82) is 0 Å². The second-order valence-electron chi connectivity index (χ2n) is 7.74. The van der Waals surface area contributed by atoms with Crippen molar-refractivity contribution in [1.82, 2.24) is 9.80 Å². The Balaban J connectivity index is 1.46. The zero-order chi connectivity index (χ0) is 17.2. The molecule has 1 heterocycles. The number of likely N-dealkylation sites (tertiary alicyclic amines) is 1. The predicted molar refractivity (Wildman–Crippen MR) is 95.4 cm³/mol. The van der Waals surface area contributed by atoms with Crippen LogP contribution in [0.2, 0.25) is 0 Å². The van der Waals surface area contributed by atoms with Crippen LogP contribution in [-0.2, 0) is 11.3 Å². The number of benzene rings is 1. The van der Waals surface area contributed by atoms with E-state index in [2.05, 4.69) is 11.8 Å². The molecular formula is C20H30N2O2. The number of carbonyl (C=O) groups is 1. The van der Waals surface area contributed by atoms with Gasteiger partial charge in [-0.3, -0.25) is 9.69 Å². The van der Waals surface area contributed by atoms with Crippen molar-refractivity contribution in [2.75, 3.05) is 26.7 Å². The highest BCUT2D eigenvalue weighted by Crippen LogP contribution is 2.44. The molecule has 3 rings (SSSR count). The fourth-order valence-corrected chi connectivity index (χ4v) is 4.12. The van der Waals surface area contributed by atoms with Crippen molar-refractivity contribution in [2.45, 2.75) is 44.8 Å². The number of nitrogens with zero attached hydrogens (tertiary/aromatic N) is 2. The molecule has 24 heavy (non-hydrogen) atoms. The molecule has 0 bridgehead atoms. The molecule has 1 amide bonds. The van der Waals surface area contributed by atoms with Crippen LogP contribution in [0.1, 0.15) is 38.2 Å². The summed E-state index contributed by atoms with van der Waals surface area (Å²) >= 11 is 0. The third-order valence-corrected chi connectivity index (χ3v) is 6.00. The van der Waals surface area contributed by atoms with E-state index in [9.17, 15) is 9.90 Å². The van der Waals surface area contributed by atoms with E-state index in [4.69, 9.17) is 0 Å². The minimum Gasteiger partial charge on any atom is -0.388 e. The van der Waals surface area contributed by atoms with Crippen LogP contribution >= 0.6 is 0 Å². The number of carbonyl (C=O) groups excluding carboxylic acids is 1. The number of β-amino-alcohol motifs (C(OH)–C–C–N with tert-alkyl or cyclic N) is 1. The van der Waals surface area contributed by atoms with Crippen LogP contribution in [-0.4, -0.2) is 53.1 Å². The molecule has 2 aliphatic rings. The summed E-state index contributed by atoms with van der Waals surface area (Å²) in [5.41, 5.74) is 0.625. The number of aliphatic hydroxyl groups is 1. The second kappa shape index (κ2) is 7.24. The van der Waals surface area contributed by atoms with Gasteiger partial charge in [0, 0.05) is 39.6 Å². The van der Waals surface area contributed by atoms with E-state index in [1.54, 1.807) is 4.90 Å². The molecule has 2 fully saturated rings. The van der Waals surface area contributed by atoms with Crippen molar-refractivity contribution in [2.24, 2.45) is 11.8 Å². The molecule has 2 atom stereocenters. The number of hydrogen-bond acceptors (Lipinski definition) is 3. The third-order valence-electron chi connectivity index (χ3n) is 6.00. The van der Waals surface area contributed by atoms with Gasteiger partial charge in [0.15, 0.2) is 0 Å². The van der Waals surface area contributed by atoms with Crippen LogP contribution < -0.4 is 0 Å². The predicted octanol–water partition coefficient (Wildman–Crippen LogP) is 2.52. The first-order chi connectivity index (χ1) is 11.5. The van der Waals surface area contributed by atoms with Crippen LogP contribution in [0.25, 0.3) is 0 Å². The van der Waals surface area contributed by atoms with E-state index in [1.807, 2.05) is 37.4 Å². The van der Waals surface area contributed by atoms with Crippen LogP contribution in [0.4, 0.5) is 0 Å². The molecule has 0 aromatic heterocycles. The van der Waals surface area contributed by atoms with Crippen LogP contribution in [0.5, 0.6) is 0 Å². The average Bonchev–Trinajstić information content (AvgIpc) is 2.79. The Morgan fingerprint density at radius 3 is 2.67 bits per heavy atom. The monoisotopic (exact) mass is 330 g/mol. The first kappa shape index (κ1) is 17.4. The minimum atomic E-state index is -0.531. The lowest BCUT2D eigenvalue weighted by atomic mass is 9.69. The summed E-state index contributed by atoms with van der Waals surface area (Å²) in [6.45, 7) is 5.19. The summed E-state index contributed by atoms with van der Waals surface area (Å²) in [5, 5.41) is 11.0. The zero-order valence-corrected chi connectivity index (χ0v) is 14.9. The average molecular weight is 330 g/mol. The number of rotatable bonds is 6. The molecule has 132 valence electrons. The Morgan fingerprint density at radius 1 is 1.33 bits per heavy atom. The standard InChI is InChI=1S/C20H30N2O2/c1-16-13-22(15-20(16,24)18-9-6-10-18)12-11-19(23)21(2)14-17-7-4-3-5-8-17/h3-5,7-8,16,18,24H,6,9-15H2,1-2H3/t16-,20+/m1/s1. The molecule has 0 unspecified atom stereocenters. The van der Waals surface area contributed by atoms with E-state index >= 15 is 0 Å². The Bertz CT molecular complexity index is 558. The molecular weight excluding hydrogens is 300 g/mol. The van der Waals surface area contributed by atoms with Crippen molar-refractivity contribution >= 4 is 5.91 Å². The minimum absolute atomic E-state index is 0.172. The molecule has 1 saturated heterocycles. The van der Waals surface area contributed by atoms with E-state index in [1.165, 1.54) is 6.42 Å². The molecule has 1 aromatic rings. The smallest absolute Gasteiger partial charge is 0.223 e. The van der Waals surface area contributed by atoms with Gasteiger partial charge < -0.3 is 10.0 Å². The second-order valence-corrected chi connectivity index (χ2v) is 7.74. The fraction of sp³-hybridized carbons (Fsp3) is 0.650. The van der Waals surface area contributed by atoms with Crippen molar-refractivity contribution in [3.8, 4) is 0 Å². The zero-order valence-electron chi connectivity index (χ0n) is 14.9. The first-order valence-corrected chi connectivity index (χ1v) is 9.21. The molecule has 1 N–H and O–H groups in total. The molecule has 4 heteroatoms. The summed E-state index contributed by atoms with van der Waals surface area (Å²) in [6.07, 6.45) is 4.10. The maximum Gasteiger partial charge on any atom is 0.223 e. The van der Waals surface area contributed by atoms with Gasteiger partial charge >= 0.3 is 0 Å². The van der Waals surface area contributed by atoms with Gasteiger partial charge in [0.25, 0.3) is 0 Å². The highest BCUT2D eigenvalue weighted by atomic mass is 16.3. The quantitative estimate of drug-likeness (QED) is 0.872. The van der Waals surface area contributed by atoms with Gasteiger partial charge in [-0.05, 0) is 30.2 Å². The SMILES string of the molecule is C[C@@H]1CN(CCC(=O)N(C)Cc2ccccc2)C[C@@]1(O)C1CCC1. The van der Waals surface area contributed by atoms with Gasteiger partial charge in [0.05, 0.1) is 5.60 Å². The lowest BCUT2D eigenvalue weighted by molar-refractivity contribution is -0.130. The summed E-state index contributed by atoms with van der Waals surface area (Å²) in [6, 6.07) is 10.1. The van der Waals surface area contributed by atoms with Crippen LogP contribution in [0.3, 0.4) is 0 Å². The van der Waals surface area contributed by atoms with E-state index in [0.29, 0.717) is 24.8 Å². The lowest BCUT2D eigenvalue weighted by Crippen LogP contribution is -2.47. The van der Waals surface area contributed by atoms with Gasteiger partial charge in [-0.15, -0.1) is 0 Å². The Kier molecular flexibility index (Phi) is 5.26. The molecule has 1 aliphatic carbocycles. The van der Waals surface area contributed by atoms with Gasteiger partial charge in [0.2, 0.25) is 5.91 Å². The molecule has 0 radical (unpaired) electrons. The Hall–Kier alpha value is -1.39. The Labute approximate surface area is 145 Å². The van der Waals surface area contributed by atoms with Crippen molar-refractivity contribution in [3.63, 3.8) is 0 Å². The third kappa shape index (κ3) is 3.65. The summed E-state index contributed by atoms with van der Waals surface area (Å²) in [7, 11) is 1.87. The van der Waals surface area contributed by atoms with Gasteiger partial charge in [-0.25, -0.2) is 0 Å². The van der Waals surface area contributed by atoms with Gasteiger partial charge in [0.1, 0.15) is 0 Å². The largest absolute Gasteiger partial charge is 0.388 e. The van der Waals surface area contributed by atoms with Crippen molar-refractivity contribution < 1.29 is 9.90 Å². The van der Waals surface area contributed by atoms with E-state index in [0.717, 1.165) is 38.0 Å². The number of amides is 1. The highest BCUT2D eigenvalue weighted by molar-refractivity contribution is 5.76. The topological polar surface area (TPSA) is 43.8 Å². The maximum absolute atomic E-state index is 12.4. The van der Waals surface area contributed by atoms with E-state index in [-0.39, 0.29) is 5.91 Å². The van der Waals surface area contributed by atoms with Crippen LogP contribution in [0, 0.1) is 11.8 Å². The normalized spacial score (nSPS) is 27.9. The first-order valence-electron chi connectivity index (χ1n) is 9.21. The molecule has 0 spiro atoms. The molecule has 1 saturated carbocycles. The van der Waals surface area contributed by atoms with Gasteiger partial charge in [-0.1, -0.05) is 43.7 Å². The Morgan fingerprint density at radius 2 is 2.04 bits per heavy atom. The van der Waals surface area contributed by atoms with E-state index < -0.39 is 5.60 Å². The number of hydrogen-bond donors (Lipinski definition) is 1. The summed E-state index contributed by atoms with van der Waals surface area (Å²) in [5.74, 6) is 0.944.